The van der Waals surface area contributed by atoms with Crippen molar-refractivity contribution in [1.82, 2.24) is 15.2 Å². The summed E-state index contributed by atoms with van der Waals surface area (Å²) in [5.41, 5.74) is 2.98. The summed E-state index contributed by atoms with van der Waals surface area (Å²) >= 11 is 1.56. The predicted octanol–water partition coefficient (Wildman–Crippen LogP) is 4.06. The van der Waals surface area contributed by atoms with Gasteiger partial charge >= 0.3 is 0 Å². The fourth-order valence-corrected chi connectivity index (χ4v) is 4.37. The maximum atomic E-state index is 12.7. The SMILES string of the molecule is CCC(C)N1C(=O)c2ccc(C(=O)NCc3csc(Cc4ccccc4)n3)cc2C1=O. The summed E-state index contributed by atoms with van der Waals surface area (Å²) in [5.74, 6) is -0.938. The van der Waals surface area contributed by atoms with Crippen LogP contribution in [-0.2, 0) is 13.0 Å². The quantitative estimate of drug-likeness (QED) is 0.570. The van der Waals surface area contributed by atoms with Crippen molar-refractivity contribution in [3.63, 3.8) is 0 Å². The van der Waals surface area contributed by atoms with Crippen molar-refractivity contribution in [2.45, 2.75) is 39.3 Å². The van der Waals surface area contributed by atoms with Crippen molar-refractivity contribution >= 4 is 29.1 Å². The van der Waals surface area contributed by atoms with Crippen molar-refractivity contribution in [2.75, 3.05) is 0 Å². The van der Waals surface area contributed by atoms with Crippen LogP contribution < -0.4 is 5.32 Å². The molecule has 3 aromatic rings. The van der Waals surface area contributed by atoms with Gasteiger partial charge in [0, 0.05) is 23.4 Å². The van der Waals surface area contributed by atoms with E-state index in [4.69, 9.17) is 0 Å². The van der Waals surface area contributed by atoms with Crippen LogP contribution in [-0.4, -0.2) is 33.6 Å². The topological polar surface area (TPSA) is 79.4 Å². The summed E-state index contributed by atoms with van der Waals surface area (Å²) < 4.78 is 0. The largest absolute Gasteiger partial charge is 0.346 e. The number of aromatic nitrogens is 1. The van der Waals surface area contributed by atoms with E-state index in [1.807, 2.05) is 37.4 Å². The Morgan fingerprint density at radius 1 is 1.10 bits per heavy atom. The molecule has 31 heavy (non-hydrogen) atoms. The van der Waals surface area contributed by atoms with Crippen LogP contribution in [0.25, 0.3) is 0 Å². The first-order chi connectivity index (χ1) is 15.0. The Bertz CT molecular complexity index is 1140. The molecule has 4 rings (SSSR count). The lowest BCUT2D eigenvalue weighted by Crippen LogP contribution is -2.37. The molecule has 6 nitrogen and oxygen atoms in total. The van der Waals surface area contributed by atoms with E-state index in [1.165, 1.54) is 16.5 Å². The molecule has 1 atom stereocenters. The van der Waals surface area contributed by atoms with Crippen LogP contribution in [0.2, 0.25) is 0 Å². The van der Waals surface area contributed by atoms with Gasteiger partial charge in [0.25, 0.3) is 17.7 Å². The Kier molecular flexibility index (Phi) is 5.95. The molecule has 1 aliphatic rings. The number of nitrogens with one attached hydrogen (secondary N) is 1. The summed E-state index contributed by atoms with van der Waals surface area (Å²) in [6.45, 7) is 4.07. The molecule has 0 saturated heterocycles. The fraction of sp³-hybridized carbons (Fsp3) is 0.250. The predicted molar refractivity (Wildman–Crippen MR) is 119 cm³/mol. The van der Waals surface area contributed by atoms with Gasteiger partial charge in [0.05, 0.1) is 28.4 Å². The van der Waals surface area contributed by atoms with E-state index in [1.54, 1.807) is 23.5 Å². The van der Waals surface area contributed by atoms with Crippen LogP contribution in [0.1, 0.15) is 67.6 Å². The molecular weight excluding hydrogens is 410 g/mol. The lowest BCUT2D eigenvalue weighted by Gasteiger charge is -2.20. The van der Waals surface area contributed by atoms with Gasteiger partial charge in [-0.1, -0.05) is 37.3 Å². The lowest BCUT2D eigenvalue weighted by atomic mass is 10.1. The molecule has 2 aromatic carbocycles. The molecule has 7 heteroatoms. The first-order valence-electron chi connectivity index (χ1n) is 10.2. The number of hydrogen-bond donors (Lipinski definition) is 1. The van der Waals surface area contributed by atoms with E-state index in [2.05, 4.69) is 22.4 Å². The van der Waals surface area contributed by atoms with Gasteiger partial charge < -0.3 is 5.32 Å². The number of hydrogen-bond acceptors (Lipinski definition) is 5. The van der Waals surface area contributed by atoms with E-state index >= 15 is 0 Å². The average Bonchev–Trinajstić information content (AvgIpc) is 3.34. The van der Waals surface area contributed by atoms with Gasteiger partial charge in [-0.2, -0.15) is 0 Å². The normalized spacial score (nSPS) is 13.9. The number of thiazole rings is 1. The van der Waals surface area contributed by atoms with Crippen molar-refractivity contribution in [2.24, 2.45) is 0 Å². The zero-order chi connectivity index (χ0) is 22.0. The van der Waals surface area contributed by atoms with E-state index in [0.29, 0.717) is 24.1 Å². The van der Waals surface area contributed by atoms with Crippen molar-refractivity contribution in [3.05, 3.63) is 86.9 Å². The second-order valence-electron chi connectivity index (χ2n) is 7.58. The lowest BCUT2D eigenvalue weighted by molar-refractivity contribution is 0.0593. The highest BCUT2D eigenvalue weighted by atomic mass is 32.1. The summed E-state index contributed by atoms with van der Waals surface area (Å²) in [6, 6.07) is 14.6. The zero-order valence-electron chi connectivity index (χ0n) is 17.4. The van der Waals surface area contributed by atoms with E-state index in [9.17, 15) is 14.4 Å². The molecular formula is C24H23N3O3S. The number of carbonyl (C=O) groups excluding carboxylic acids is 3. The Morgan fingerprint density at radius 3 is 2.58 bits per heavy atom. The van der Waals surface area contributed by atoms with Crippen LogP contribution >= 0.6 is 11.3 Å². The third kappa shape index (κ3) is 4.27. The van der Waals surface area contributed by atoms with Gasteiger partial charge in [0.1, 0.15) is 0 Å². The molecule has 0 radical (unpaired) electrons. The van der Waals surface area contributed by atoms with Crippen molar-refractivity contribution in [1.29, 1.82) is 0 Å². The number of amides is 3. The van der Waals surface area contributed by atoms with Crippen LogP contribution in [0.15, 0.2) is 53.9 Å². The first-order valence-corrected chi connectivity index (χ1v) is 11.1. The molecule has 0 fully saturated rings. The van der Waals surface area contributed by atoms with Crippen LogP contribution in [0.4, 0.5) is 0 Å². The number of benzene rings is 2. The molecule has 1 unspecified atom stereocenters. The van der Waals surface area contributed by atoms with E-state index in [-0.39, 0.29) is 29.3 Å². The molecule has 1 N–H and O–H groups in total. The smallest absolute Gasteiger partial charge is 0.261 e. The maximum Gasteiger partial charge on any atom is 0.261 e. The van der Waals surface area contributed by atoms with Gasteiger partial charge in [-0.05, 0) is 37.1 Å². The molecule has 0 spiro atoms. The van der Waals surface area contributed by atoms with Gasteiger partial charge in [0.15, 0.2) is 0 Å². The Labute approximate surface area is 184 Å². The van der Waals surface area contributed by atoms with Gasteiger partial charge in [0.2, 0.25) is 0 Å². The van der Waals surface area contributed by atoms with Crippen LogP contribution in [0, 0.1) is 0 Å². The summed E-state index contributed by atoms with van der Waals surface area (Å²) in [6.07, 6.45) is 1.44. The highest BCUT2D eigenvalue weighted by Crippen LogP contribution is 2.26. The maximum absolute atomic E-state index is 12.7. The van der Waals surface area contributed by atoms with Crippen LogP contribution in [0.3, 0.4) is 0 Å². The molecule has 3 amide bonds. The molecule has 0 aliphatic carbocycles. The van der Waals surface area contributed by atoms with E-state index < -0.39 is 0 Å². The Morgan fingerprint density at radius 2 is 1.84 bits per heavy atom. The Balaban J connectivity index is 1.41. The minimum atomic E-state index is -0.339. The second-order valence-corrected chi connectivity index (χ2v) is 8.52. The Hall–Kier alpha value is -3.32. The van der Waals surface area contributed by atoms with Gasteiger partial charge in [-0.15, -0.1) is 11.3 Å². The fourth-order valence-electron chi connectivity index (χ4n) is 3.54. The third-order valence-corrected chi connectivity index (χ3v) is 6.34. The molecule has 0 bridgehead atoms. The molecule has 0 saturated carbocycles. The molecule has 158 valence electrons. The van der Waals surface area contributed by atoms with Crippen molar-refractivity contribution in [3.8, 4) is 0 Å². The average molecular weight is 434 g/mol. The standard InChI is InChI=1S/C24H23N3O3S/c1-3-15(2)27-23(29)19-10-9-17(12-20(19)24(27)30)22(28)25-13-18-14-31-21(26-18)11-16-7-5-4-6-8-16/h4-10,12,14-15H,3,11,13H2,1-2H3,(H,25,28). The van der Waals surface area contributed by atoms with Gasteiger partial charge in [-0.25, -0.2) is 4.98 Å². The highest BCUT2D eigenvalue weighted by Gasteiger charge is 2.38. The molecule has 1 aromatic heterocycles. The number of nitrogens with zero attached hydrogens (tertiary/aromatic N) is 2. The summed E-state index contributed by atoms with van der Waals surface area (Å²) in [4.78, 5) is 43.7. The number of imide groups is 1. The second kappa shape index (κ2) is 8.81. The van der Waals surface area contributed by atoms with Crippen molar-refractivity contribution < 1.29 is 14.4 Å². The number of rotatable bonds is 7. The monoisotopic (exact) mass is 433 g/mol. The zero-order valence-corrected chi connectivity index (χ0v) is 18.2. The summed E-state index contributed by atoms with van der Waals surface area (Å²) in [5, 5.41) is 5.78. The first kappa shape index (κ1) is 20.9. The van der Waals surface area contributed by atoms with Gasteiger partial charge in [-0.3, -0.25) is 19.3 Å². The third-order valence-electron chi connectivity index (χ3n) is 5.44. The molecule has 1 aliphatic heterocycles. The minimum absolute atomic E-state index is 0.181. The van der Waals surface area contributed by atoms with Crippen LogP contribution in [0.5, 0.6) is 0 Å². The highest BCUT2D eigenvalue weighted by molar-refractivity contribution is 7.09. The van der Waals surface area contributed by atoms with E-state index in [0.717, 1.165) is 17.1 Å². The minimum Gasteiger partial charge on any atom is -0.346 e. The summed E-state index contributed by atoms with van der Waals surface area (Å²) in [7, 11) is 0. The molecule has 2 heterocycles. The number of fused-ring (bicyclic) bond motifs is 1. The number of carbonyl (C=O) groups is 3.